The number of ether oxygens (including phenoxy) is 1. The number of nitrogens with one attached hydrogen (secondary N) is 1. The summed E-state index contributed by atoms with van der Waals surface area (Å²) in [5.41, 5.74) is 4.80. The van der Waals surface area contributed by atoms with Crippen molar-refractivity contribution in [2.24, 2.45) is 5.73 Å². The summed E-state index contributed by atoms with van der Waals surface area (Å²) in [5, 5.41) is 1.95. The van der Waals surface area contributed by atoms with Crippen LogP contribution in [0, 0.1) is 5.82 Å². The minimum Gasteiger partial charge on any atom is -0.481 e. The van der Waals surface area contributed by atoms with Crippen LogP contribution in [0.1, 0.15) is 0 Å². The third-order valence-electron chi connectivity index (χ3n) is 2.10. The van der Waals surface area contributed by atoms with Crippen LogP contribution in [0.2, 0.25) is 0 Å². The van der Waals surface area contributed by atoms with E-state index < -0.39 is 37.3 Å². The van der Waals surface area contributed by atoms with Crippen molar-refractivity contribution in [2.45, 2.75) is 5.92 Å². The molecule has 0 saturated heterocycles. The van der Waals surface area contributed by atoms with E-state index in [0.29, 0.717) is 4.47 Å². The van der Waals surface area contributed by atoms with Crippen molar-refractivity contribution in [2.75, 3.05) is 19.7 Å². The predicted octanol–water partition coefficient (Wildman–Crippen LogP) is 1.68. The number of carbonyl (C=O) groups is 1. The minimum absolute atomic E-state index is 0.135. The molecule has 1 aromatic rings. The normalized spacial score (nSPS) is 11.2. The number of hydrogen-bond donors (Lipinski definition) is 2. The smallest absolute Gasteiger partial charge is 0.277 e. The van der Waals surface area contributed by atoms with E-state index >= 15 is 0 Å². The Balaban J connectivity index is 2.42. The van der Waals surface area contributed by atoms with Crippen LogP contribution in [0.5, 0.6) is 5.75 Å². The van der Waals surface area contributed by atoms with Gasteiger partial charge in [-0.2, -0.15) is 0 Å². The average molecular weight is 341 g/mol. The molecule has 0 radical (unpaired) electrons. The molecule has 0 aromatic heterocycles. The maximum absolute atomic E-state index is 13.3. The molecule has 106 valence electrons. The van der Waals surface area contributed by atoms with Crippen LogP contribution in [0.15, 0.2) is 22.7 Å². The molecule has 19 heavy (non-hydrogen) atoms. The van der Waals surface area contributed by atoms with Gasteiger partial charge < -0.3 is 15.8 Å². The fraction of sp³-hybridized carbons (Fsp3) is 0.364. The number of rotatable bonds is 6. The Bertz CT molecular complexity index is 458. The van der Waals surface area contributed by atoms with E-state index in [2.05, 4.69) is 15.9 Å². The molecule has 0 aliphatic heterocycles. The molecule has 0 fully saturated rings. The first-order valence-electron chi connectivity index (χ1n) is 5.26. The Labute approximate surface area is 116 Å². The predicted molar refractivity (Wildman–Crippen MR) is 66.6 cm³/mol. The summed E-state index contributed by atoms with van der Waals surface area (Å²) in [7, 11) is 0. The number of nitrogens with two attached hydrogens (primary N) is 1. The molecule has 1 aromatic carbocycles. The molecular formula is C11H12BrF3N2O2. The Morgan fingerprint density at radius 3 is 2.74 bits per heavy atom. The molecule has 0 spiro atoms. The first-order chi connectivity index (χ1) is 8.84. The van der Waals surface area contributed by atoms with Crippen LogP contribution < -0.4 is 15.8 Å². The van der Waals surface area contributed by atoms with E-state index in [1.807, 2.05) is 5.32 Å². The quantitative estimate of drug-likeness (QED) is 0.828. The summed E-state index contributed by atoms with van der Waals surface area (Å²) < 4.78 is 44.2. The summed E-state index contributed by atoms with van der Waals surface area (Å²) in [5.74, 6) is -4.74. The maximum Gasteiger partial charge on any atom is 0.277 e. The van der Waals surface area contributed by atoms with Gasteiger partial charge >= 0.3 is 0 Å². The second kappa shape index (κ2) is 6.76. The van der Waals surface area contributed by atoms with Crippen LogP contribution in [0.25, 0.3) is 0 Å². The van der Waals surface area contributed by atoms with E-state index in [1.54, 1.807) is 0 Å². The first-order valence-corrected chi connectivity index (χ1v) is 6.06. The summed E-state index contributed by atoms with van der Waals surface area (Å²) in [4.78, 5) is 11.2. The van der Waals surface area contributed by atoms with Crippen molar-refractivity contribution in [3.8, 4) is 5.75 Å². The van der Waals surface area contributed by atoms with Crippen molar-refractivity contribution in [3.05, 3.63) is 28.5 Å². The lowest BCUT2D eigenvalue weighted by atomic mass is 10.3. The standard InChI is InChI=1S/C11H12BrF3N2O2/c12-7-1-2-9(8(13)3-7)19-4-10(18)17-6-11(14,15)5-16/h1-3H,4-6,16H2,(H,17,18). The topological polar surface area (TPSA) is 64.3 Å². The van der Waals surface area contributed by atoms with Gasteiger partial charge in [0.05, 0.1) is 13.1 Å². The molecule has 0 aliphatic rings. The van der Waals surface area contributed by atoms with Gasteiger partial charge in [0.1, 0.15) is 0 Å². The lowest BCUT2D eigenvalue weighted by Crippen LogP contribution is -2.43. The number of amides is 1. The van der Waals surface area contributed by atoms with Crippen LogP contribution in [-0.2, 0) is 4.79 Å². The lowest BCUT2D eigenvalue weighted by Gasteiger charge is -2.14. The second-order valence-electron chi connectivity index (χ2n) is 3.70. The number of hydrogen-bond acceptors (Lipinski definition) is 3. The molecule has 1 amide bonds. The number of halogens is 4. The van der Waals surface area contributed by atoms with Crippen LogP contribution in [-0.4, -0.2) is 31.5 Å². The third-order valence-corrected chi connectivity index (χ3v) is 2.59. The fourth-order valence-electron chi connectivity index (χ4n) is 1.09. The molecule has 0 bridgehead atoms. The average Bonchev–Trinajstić information content (AvgIpc) is 2.35. The SMILES string of the molecule is NCC(F)(F)CNC(=O)COc1ccc(Br)cc1F. The highest BCUT2D eigenvalue weighted by molar-refractivity contribution is 9.10. The van der Waals surface area contributed by atoms with Gasteiger partial charge in [0.15, 0.2) is 18.2 Å². The maximum atomic E-state index is 13.3. The van der Waals surface area contributed by atoms with Crippen molar-refractivity contribution in [1.82, 2.24) is 5.32 Å². The number of carbonyl (C=O) groups excluding carboxylic acids is 1. The molecule has 0 heterocycles. The minimum atomic E-state index is -3.17. The summed E-state index contributed by atoms with van der Waals surface area (Å²) in [6, 6.07) is 4.01. The van der Waals surface area contributed by atoms with Gasteiger partial charge in [-0.1, -0.05) is 15.9 Å². The van der Waals surface area contributed by atoms with E-state index in [4.69, 9.17) is 10.5 Å². The van der Waals surface area contributed by atoms with Crippen molar-refractivity contribution >= 4 is 21.8 Å². The monoisotopic (exact) mass is 340 g/mol. The number of benzene rings is 1. The molecular weight excluding hydrogens is 329 g/mol. The first kappa shape index (κ1) is 15.8. The van der Waals surface area contributed by atoms with Gasteiger partial charge in [0, 0.05) is 4.47 Å². The summed E-state index contributed by atoms with van der Waals surface area (Å²) >= 11 is 3.06. The number of alkyl halides is 2. The van der Waals surface area contributed by atoms with E-state index in [1.165, 1.54) is 12.1 Å². The van der Waals surface area contributed by atoms with Gasteiger partial charge in [-0.25, -0.2) is 13.2 Å². The molecule has 0 aliphatic carbocycles. The van der Waals surface area contributed by atoms with Gasteiger partial charge in [-0.05, 0) is 18.2 Å². The van der Waals surface area contributed by atoms with Crippen LogP contribution in [0.4, 0.5) is 13.2 Å². The van der Waals surface area contributed by atoms with Crippen molar-refractivity contribution < 1.29 is 22.7 Å². The molecule has 0 saturated carbocycles. The summed E-state index contributed by atoms with van der Waals surface area (Å²) in [6.07, 6.45) is 0. The van der Waals surface area contributed by atoms with E-state index in [0.717, 1.165) is 6.07 Å². The zero-order valence-corrected chi connectivity index (χ0v) is 11.3. The zero-order chi connectivity index (χ0) is 14.5. The lowest BCUT2D eigenvalue weighted by molar-refractivity contribution is -0.124. The summed E-state index contributed by atoms with van der Waals surface area (Å²) in [6.45, 7) is -2.30. The highest BCUT2D eigenvalue weighted by Gasteiger charge is 2.27. The van der Waals surface area contributed by atoms with Crippen LogP contribution >= 0.6 is 15.9 Å². The highest BCUT2D eigenvalue weighted by atomic mass is 79.9. The Morgan fingerprint density at radius 1 is 1.47 bits per heavy atom. The Morgan fingerprint density at radius 2 is 2.16 bits per heavy atom. The molecule has 3 N–H and O–H groups in total. The largest absolute Gasteiger partial charge is 0.481 e. The van der Waals surface area contributed by atoms with E-state index in [-0.39, 0.29) is 5.75 Å². The van der Waals surface area contributed by atoms with Crippen LogP contribution in [0.3, 0.4) is 0 Å². The Hall–Kier alpha value is -1.28. The van der Waals surface area contributed by atoms with Crippen molar-refractivity contribution in [1.29, 1.82) is 0 Å². The van der Waals surface area contributed by atoms with E-state index in [9.17, 15) is 18.0 Å². The Kier molecular flexibility index (Phi) is 5.61. The molecule has 1 rings (SSSR count). The zero-order valence-electron chi connectivity index (χ0n) is 9.76. The third kappa shape index (κ3) is 5.48. The molecule has 0 unspecified atom stereocenters. The fourth-order valence-corrected chi connectivity index (χ4v) is 1.42. The van der Waals surface area contributed by atoms with Gasteiger partial charge in [0.2, 0.25) is 0 Å². The molecule has 4 nitrogen and oxygen atoms in total. The second-order valence-corrected chi connectivity index (χ2v) is 4.62. The molecule has 0 atom stereocenters. The highest BCUT2D eigenvalue weighted by Crippen LogP contribution is 2.21. The van der Waals surface area contributed by atoms with Gasteiger partial charge in [0.25, 0.3) is 11.8 Å². The van der Waals surface area contributed by atoms with Crippen molar-refractivity contribution in [3.63, 3.8) is 0 Å². The molecule has 8 heteroatoms. The van der Waals surface area contributed by atoms with Gasteiger partial charge in [-0.15, -0.1) is 0 Å². The van der Waals surface area contributed by atoms with Gasteiger partial charge in [-0.3, -0.25) is 4.79 Å².